The van der Waals surface area contributed by atoms with Crippen molar-refractivity contribution in [1.29, 1.82) is 0 Å². The average molecular weight is 208 g/mol. The molecule has 5 nitrogen and oxygen atoms in total. The van der Waals surface area contributed by atoms with Crippen molar-refractivity contribution in [1.82, 2.24) is 20.2 Å². The summed E-state index contributed by atoms with van der Waals surface area (Å²) in [5.74, 6) is 1.80. The molecule has 1 aliphatic rings. The zero-order valence-corrected chi connectivity index (χ0v) is 9.18. The molecule has 0 aromatic carbocycles. The Morgan fingerprint density at radius 3 is 3.00 bits per heavy atom. The first-order valence-corrected chi connectivity index (χ1v) is 5.40. The zero-order valence-electron chi connectivity index (χ0n) is 9.18. The highest BCUT2D eigenvalue weighted by atomic mass is 16.1. The summed E-state index contributed by atoms with van der Waals surface area (Å²) in [6.45, 7) is 2.20. The van der Waals surface area contributed by atoms with Crippen molar-refractivity contribution in [3.8, 4) is 0 Å². The minimum atomic E-state index is 0.109. The first-order valence-electron chi connectivity index (χ1n) is 5.40. The lowest BCUT2D eigenvalue weighted by Crippen LogP contribution is -2.25. The van der Waals surface area contributed by atoms with Crippen molar-refractivity contribution in [2.75, 3.05) is 0 Å². The van der Waals surface area contributed by atoms with Crippen LogP contribution in [0.4, 0.5) is 0 Å². The van der Waals surface area contributed by atoms with Crippen molar-refractivity contribution in [3.63, 3.8) is 0 Å². The predicted octanol–water partition coefficient (Wildman–Crippen LogP) is 0.758. The number of hydrogen-bond acceptors (Lipinski definition) is 4. The van der Waals surface area contributed by atoms with E-state index in [-0.39, 0.29) is 5.92 Å². The van der Waals surface area contributed by atoms with E-state index < -0.39 is 0 Å². The van der Waals surface area contributed by atoms with E-state index in [1.165, 1.54) is 4.80 Å². The van der Waals surface area contributed by atoms with Gasteiger partial charge in [0, 0.05) is 18.8 Å². The van der Waals surface area contributed by atoms with E-state index in [1.807, 2.05) is 0 Å². The maximum Gasteiger partial charge on any atom is 0.175 e. The van der Waals surface area contributed by atoms with Crippen LogP contribution in [0.2, 0.25) is 0 Å². The van der Waals surface area contributed by atoms with Gasteiger partial charge >= 0.3 is 0 Å². The SMILES string of the molecule is CC1CCC(=O)C(Cc2nnn(C)n2)C1. The lowest BCUT2D eigenvalue weighted by Gasteiger charge is -2.24. The smallest absolute Gasteiger partial charge is 0.175 e. The van der Waals surface area contributed by atoms with Gasteiger partial charge in [-0.1, -0.05) is 6.92 Å². The summed E-state index contributed by atoms with van der Waals surface area (Å²) in [6, 6.07) is 0. The van der Waals surface area contributed by atoms with Gasteiger partial charge in [0.05, 0.1) is 7.05 Å². The molecule has 0 amide bonds. The molecule has 5 heteroatoms. The summed E-state index contributed by atoms with van der Waals surface area (Å²) in [5, 5.41) is 11.8. The average Bonchev–Trinajstić information content (AvgIpc) is 2.58. The molecule has 1 aliphatic carbocycles. The Bertz CT molecular complexity index is 360. The van der Waals surface area contributed by atoms with Gasteiger partial charge in [0.15, 0.2) is 5.82 Å². The standard InChI is InChI=1S/C10H16N4O/c1-7-3-4-9(15)8(5-7)6-10-11-13-14(2)12-10/h7-8H,3-6H2,1-2H3. The third kappa shape index (κ3) is 2.40. The maximum absolute atomic E-state index is 11.7. The minimum Gasteiger partial charge on any atom is -0.299 e. The first kappa shape index (κ1) is 10.3. The molecule has 0 radical (unpaired) electrons. The monoisotopic (exact) mass is 208 g/mol. The summed E-state index contributed by atoms with van der Waals surface area (Å²) in [6.07, 6.45) is 3.36. The molecule has 2 atom stereocenters. The quantitative estimate of drug-likeness (QED) is 0.719. The van der Waals surface area contributed by atoms with Crippen LogP contribution >= 0.6 is 0 Å². The van der Waals surface area contributed by atoms with E-state index >= 15 is 0 Å². The third-order valence-electron chi connectivity index (χ3n) is 3.00. The van der Waals surface area contributed by atoms with Crippen LogP contribution in [0.1, 0.15) is 32.0 Å². The van der Waals surface area contributed by atoms with Gasteiger partial charge in [0.25, 0.3) is 0 Å². The van der Waals surface area contributed by atoms with Crippen molar-refractivity contribution >= 4 is 5.78 Å². The van der Waals surface area contributed by atoms with Crippen LogP contribution < -0.4 is 0 Å². The minimum absolute atomic E-state index is 0.109. The molecule has 0 bridgehead atoms. The molecule has 0 spiro atoms. The van der Waals surface area contributed by atoms with E-state index in [9.17, 15) is 4.79 Å². The number of aryl methyl sites for hydroxylation is 1. The highest BCUT2D eigenvalue weighted by Crippen LogP contribution is 2.27. The van der Waals surface area contributed by atoms with Crippen molar-refractivity contribution < 1.29 is 4.79 Å². The number of hydrogen-bond donors (Lipinski definition) is 0. The second-order valence-corrected chi connectivity index (χ2v) is 4.44. The topological polar surface area (TPSA) is 60.7 Å². The number of carbonyl (C=O) groups excluding carboxylic acids is 1. The Hall–Kier alpha value is -1.26. The van der Waals surface area contributed by atoms with E-state index in [2.05, 4.69) is 22.3 Å². The van der Waals surface area contributed by atoms with Crippen LogP contribution in [0.15, 0.2) is 0 Å². The van der Waals surface area contributed by atoms with Gasteiger partial charge in [-0.3, -0.25) is 4.79 Å². The number of carbonyl (C=O) groups is 1. The van der Waals surface area contributed by atoms with Crippen molar-refractivity contribution in [2.45, 2.75) is 32.6 Å². The summed E-state index contributed by atoms with van der Waals surface area (Å²) >= 11 is 0. The van der Waals surface area contributed by atoms with Crippen LogP contribution in [-0.4, -0.2) is 26.0 Å². The van der Waals surface area contributed by atoms with E-state index in [4.69, 9.17) is 0 Å². The Kier molecular flexibility index (Phi) is 2.79. The van der Waals surface area contributed by atoms with Gasteiger partial charge in [0.1, 0.15) is 5.78 Å². The van der Waals surface area contributed by atoms with Crippen LogP contribution in [0.3, 0.4) is 0 Å². The molecule has 0 N–H and O–H groups in total. The molecule has 1 aromatic heterocycles. The van der Waals surface area contributed by atoms with Crippen LogP contribution in [0.5, 0.6) is 0 Å². The summed E-state index contributed by atoms with van der Waals surface area (Å²) in [7, 11) is 1.74. The highest BCUT2D eigenvalue weighted by Gasteiger charge is 2.27. The number of Topliss-reactive ketones (excluding diaryl/α,β-unsaturated/α-hetero) is 1. The first-order chi connectivity index (χ1) is 7.15. The van der Waals surface area contributed by atoms with Gasteiger partial charge in [-0.25, -0.2) is 0 Å². The number of nitrogens with zero attached hydrogens (tertiary/aromatic N) is 4. The van der Waals surface area contributed by atoms with E-state index in [1.54, 1.807) is 7.05 Å². The molecule has 2 unspecified atom stereocenters. The second-order valence-electron chi connectivity index (χ2n) is 4.44. The lowest BCUT2D eigenvalue weighted by molar-refractivity contribution is -0.125. The summed E-state index contributed by atoms with van der Waals surface area (Å²) < 4.78 is 0. The lowest BCUT2D eigenvalue weighted by atomic mass is 9.80. The van der Waals surface area contributed by atoms with Crippen LogP contribution in [-0.2, 0) is 18.3 Å². The summed E-state index contributed by atoms with van der Waals surface area (Å²) in [4.78, 5) is 13.1. The fourth-order valence-electron chi connectivity index (χ4n) is 2.15. The van der Waals surface area contributed by atoms with Crippen LogP contribution in [0.25, 0.3) is 0 Å². The molecular weight excluding hydrogens is 192 g/mol. The molecule has 15 heavy (non-hydrogen) atoms. The molecule has 2 rings (SSSR count). The van der Waals surface area contributed by atoms with Crippen LogP contribution in [0, 0.1) is 11.8 Å². The molecule has 1 heterocycles. The summed E-state index contributed by atoms with van der Waals surface area (Å²) in [5.41, 5.74) is 0. The van der Waals surface area contributed by atoms with Gasteiger partial charge in [0.2, 0.25) is 0 Å². The molecule has 1 aromatic rings. The number of rotatable bonds is 2. The second kappa shape index (κ2) is 4.08. The molecule has 1 saturated carbocycles. The third-order valence-corrected chi connectivity index (χ3v) is 3.00. The normalized spacial score (nSPS) is 26.9. The largest absolute Gasteiger partial charge is 0.299 e. The predicted molar refractivity (Wildman–Crippen MR) is 54.0 cm³/mol. The molecule has 1 fully saturated rings. The van der Waals surface area contributed by atoms with Crippen molar-refractivity contribution in [3.05, 3.63) is 5.82 Å². The Balaban J connectivity index is 2.01. The van der Waals surface area contributed by atoms with Gasteiger partial charge in [-0.15, -0.1) is 10.2 Å². The van der Waals surface area contributed by atoms with Gasteiger partial charge in [-0.2, -0.15) is 4.80 Å². The molecule has 82 valence electrons. The highest BCUT2D eigenvalue weighted by molar-refractivity contribution is 5.81. The Morgan fingerprint density at radius 1 is 1.53 bits per heavy atom. The molecule has 0 saturated heterocycles. The number of ketones is 1. The number of aromatic nitrogens is 4. The Labute approximate surface area is 88.9 Å². The van der Waals surface area contributed by atoms with E-state index in [0.29, 0.717) is 30.4 Å². The van der Waals surface area contributed by atoms with E-state index in [0.717, 1.165) is 12.8 Å². The fourth-order valence-corrected chi connectivity index (χ4v) is 2.15. The molecule has 0 aliphatic heterocycles. The Morgan fingerprint density at radius 2 is 2.33 bits per heavy atom. The van der Waals surface area contributed by atoms with Crippen molar-refractivity contribution in [2.24, 2.45) is 18.9 Å². The zero-order chi connectivity index (χ0) is 10.8. The van der Waals surface area contributed by atoms with Gasteiger partial charge in [-0.05, 0) is 24.0 Å². The fraction of sp³-hybridized carbons (Fsp3) is 0.800. The molecular formula is C10H16N4O. The number of tetrazole rings is 1. The maximum atomic E-state index is 11.7. The van der Waals surface area contributed by atoms with Gasteiger partial charge < -0.3 is 0 Å².